The molecule has 176 valence electrons. The molecule has 3 aliphatic rings. The maximum atomic E-state index is 12.5. The number of piperazine rings is 1. The van der Waals surface area contributed by atoms with Crippen molar-refractivity contribution >= 4 is 6.29 Å². The first-order valence-electron chi connectivity index (χ1n) is 12.8. The predicted molar refractivity (Wildman–Crippen MR) is 136 cm³/mol. The lowest BCUT2D eigenvalue weighted by molar-refractivity contribution is -0.113. The van der Waals surface area contributed by atoms with Crippen molar-refractivity contribution in [1.29, 1.82) is 0 Å². The molecule has 4 heteroatoms. The third kappa shape index (κ3) is 4.53. The van der Waals surface area contributed by atoms with Gasteiger partial charge in [-0.2, -0.15) is 0 Å². The van der Waals surface area contributed by atoms with E-state index in [1.165, 1.54) is 74.1 Å². The second kappa shape index (κ2) is 9.32. The van der Waals surface area contributed by atoms with E-state index in [1.807, 2.05) is 0 Å². The van der Waals surface area contributed by atoms with Crippen LogP contribution in [0, 0.1) is 5.92 Å². The van der Waals surface area contributed by atoms with E-state index in [4.69, 9.17) is 0 Å². The Morgan fingerprint density at radius 3 is 1.91 bits per heavy atom. The molecule has 0 bridgehead atoms. The molecule has 4 nitrogen and oxygen atoms in total. The number of rotatable bonds is 5. The van der Waals surface area contributed by atoms with E-state index in [9.17, 15) is 4.79 Å². The molecule has 2 aliphatic heterocycles. The maximum absolute atomic E-state index is 12.5. The molecule has 1 atom stereocenters. The van der Waals surface area contributed by atoms with Crippen molar-refractivity contribution in [3.05, 3.63) is 59.7 Å². The summed E-state index contributed by atoms with van der Waals surface area (Å²) in [6.07, 6.45) is 3.61. The second-order valence-corrected chi connectivity index (χ2v) is 11.2. The minimum atomic E-state index is -0.0777. The highest BCUT2D eigenvalue weighted by molar-refractivity contribution is 5.81. The Kier molecular flexibility index (Phi) is 6.43. The molecule has 0 aromatic heterocycles. The summed E-state index contributed by atoms with van der Waals surface area (Å²) in [5.41, 5.74) is 5.51. The quantitative estimate of drug-likeness (QED) is 0.634. The topological polar surface area (TPSA) is 26.8 Å². The lowest BCUT2D eigenvalue weighted by atomic mass is 9.86. The molecular weight excluding hydrogens is 406 g/mol. The predicted octanol–water partition coefficient (Wildman–Crippen LogP) is 4.49. The summed E-state index contributed by atoms with van der Waals surface area (Å²) in [5, 5.41) is 0. The van der Waals surface area contributed by atoms with Gasteiger partial charge in [-0.15, -0.1) is 0 Å². The summed E-state index contributed by atoms with van der Waals surface area (Å²) in [6.45, 7) is 15.0. The van der Waals surface area contributed by atoms with E-state index in [2.05, 4.69) is 84.0 Å². The van der Waals surface area contributed by atoms with Crippen LogP contribution in [0.3, 0.4) is 0 Å². The van der Waals surface area contributed by atoms with Crippen LogP contribution in [0.15, 0.2) is 48.5 Å². The first kappa shape index (κ1) is 22.8. The van der Waals surface area contributed by atoms with Crippen molar-refractivity contribution in [1.82, 2.24) is 14.7 Å². The van der Waals surface area contributed by atoms with E-state index in [0.29, 0.717) is 0 Å². The monoisotopic (exact) mass is 445 g/mol. The first-order valence-corrected chi connectivity index (χ1v) is 12.8. The summed E-state index contributed by atoms with van der Waals surface area (Å²) in [5.74, 6) is 0.898. The van der Waals surface area contributed by atoms with Crippen LogP contribution >= 0.6 is 0 Å². The van der Waals surface area contributed by atoms with E-state index < -0.39 is 0 Å². The van der Waals surface area contributed by atoms with Crippen LogP contribution < -0.4 is 0 Å². The van der Waals surface area contributed by atoms with Gasteiger partial charge in [-0.3, -0.25) is 9.80 Å². The number of aldehydes is 1. The van der Waals surface area contributed by atoms with Gasteiger partial charge in [0.15, 0.2) is 0 Å². The van der Waals surface area contributed by atoms with Gasteiger partial charge in [0.1, 0.15) is 6.29 Å². The van der Waals surface area contributed by atoms with E-state index in [-0.39, 0.29) is 17.5 Å². The number of benzene rings is 2. The fourth-order valence-corrected chi connectivity index (χ4v) is 6.34. The zero-order chi connectivity index (χ0) is 23.0. The number of piperidine rings is 1. The lowest BCUT2D eigenvalue weighted by Crippen LogP contribution is -2.54. The molecule has 2 aromatic rings. The van der Waals surface area contributed by atoms with Crippen LogP contribution in [0.1, 0.15) is 50.7 Å². The van der Waals surface area contributed by atoms with Gasteiger partial charge in [-0.05, 0) is 74.9 Å². The molecule has 0 spiro atoms. The van der Waals surface area contributed by atoms with Crippen LogP contribution in [-0.4, -0.2) is 78.4 Å². The molecule has 1 aliphatic carbocycles. The van der Waals surface area contributed by atoms with E-state index >= 15 is 0 Å². The standard InChI is InChI=1S/C29H39N3O/c1-29(2,3)32-18-16-30(17-19-32)20-22-12-14-31(15-13-22)27(21-33)28-25-10-6-4-8-23(25)24-9-5-7-11-26(24)28/h4-11,21-22,27-28H,12-20H2,1-3H3. The normalized spacial score (nSPS) is 22.2. The lowest BCUT2D eigenvalue weighted by Gasteiger charge is -2.44. The van der Waals surface area contributed by atoms with Crippen molar-refractivity contribution in [2.75, 3.05) is 45.8 Å². The molecule has 5 rings (SSSR count). The minimum absolute atomic E-state index is 0.0777. The van der Waals surface area contributed by atoms with Crippen molar-refractivity contribution in [3.8, 4) is 11.1 Å². The Morgan fingerprint density at radius 2 is 1.39 bits per heavy atom. The molecule has 0 N–H and O–H groups in total. The van der Waals surface area contributed by atoms with Crippen molar-refractivity contribution in [2.45, 2.75) is 51.1 Å². The van der Waals surface area contributed by atoms with Gasteiger partial charge in [0.2, 0.25) is 0 Å². The largest absolute Gasteiger partial charge is 0.302 e. The fourth-order valence-electron chi connectivity index (χ4n) is 6.34. The molecule has 0 radical (unpaired) electrons. The average Bonchev–Trinajstić information content (AvgIpc) is 3.15. The highest BCUT2D eigenvalue weighted by atomic mass is 16.1. The van der Waals surface area contributed by atoms with Crippen molar-refractivity contribution < 1.29 is 4.79 Å². The van der Waals surface area contributed by atoms with Gasteiger partial charge < -0.3 is 9.69 Å². The van der Waals surface area contributed by atoms with Crippen LogP contribution in [-0.2, 0) is 4.79 Å². The van der Waals surface area contributed by atoms with E-state index in [1.54, 1.807) is 0 Å². The number of hydrogen-bond donors (Lipinski definition) is 0. The van der Waals surface area contributed by atoms with Crippen molar-refractivity contribution in [2.24, 2.45) is 5.92 Å². The van der Waals surface area contributed by atoms with Crippen LogP contribution in [0.4, 0.5) is 0 Å². The van der Waals surface area contributed by atoms with Gasteiger partial charge in [-0.25, -0.2) is 0 Å². The highest BCUT2D eigenvalue weighted by Crippen LogP contribution is 2.47. The highest BCUT2D eigenvalue weighted by Gasteiger charge is 2.38. The first-order chi connectivity index (χ1) is 16.0. The fraction of sp³-hybridized carbons (Fsp3) is 0.552. The van der Waals surface area contributed by atoms with Crippen LogP contribution in [0.5, 0.6) is 0 Å². The number of carbonyl (C=O) groups excluding carboxylic acids is 1. The Morgan fingerprint density at radius 1 is 0.848 bits per heavy atom. The minimum Gasteiger partial charge on any atom is -0.302 e. The zero-order valence-corrected chi connectivity index (χ0v) is 20.5. The number of hydrogen-bond acceptors (Lipinski definition) is 4. The zero-order valence-electron chi connectivity index (χ0n) is 20.5. The number of fused-ring (bicyclic) bond motifs is 3. The summed E-state index contributed by atoms with van der Waals surface area (Å²) in [6, 6.07) is 17.2. The molecule has 2 saturated heterocycles. The molecule has 1 unspecified atom stereocenters. The Balaban J connectivity index is 1.22. The molecular formula is C29H39N3O. The average molecular weight is 446 g/mol. The molecule has 2 aromatic carbocycles. The van der Waals surface area contributed by atoms with Gasteiger partial charge in [-0.1, -0.05) is 48.5 Å². The van der Waals surface area contributed by atoms with Gasteiger partial charge in [0, 0.05) is 44.2 Å². The number of nitrogens with zero attached hydrogens (tertiary/aromatic N) is 3. The second-order valence-electron chi connectivity index (χ2n) is 11.2. The molecule has 0 saturated carbocycles. The molecule has 0 amide bonds. The Hall–Kier alpha value is -2.01. The summed E-state index contributed by atoms with van der Waals surface area (Å²) in [4.78, 5) is 20.2. The van der Waals surface area contributed by atoms with Crippen LogP contribution in [0.2, 0.25) is 0 Å². The molecule has 2 heterocycles. The summed E-state index contributed by atoms with van der Waals surface area (Å²) >= 11 is 0. The number of carbonyl (C=O) groups is 1. The van der Waals surface area contributed by atoms with Gasteiger partial charge in [0.25, 0.3) is 0 Å². The SMILES string of the molecule is CC(C)(C)N1CCN(CC2CCN(C(C=O)C3c4ccccc4-c4ccccc43)CC2)CC1. The molecule has 2 fully saturated rings. The maximum Gasteiger partial charge on any atom is 0.138 e. The summed E-state index contributed by atoms with van der Waals surface area (Å²) < 4.78 is 0. The third-order valence-electron chi connectivity index (χ3n) is 8.27. The number of likely N-dealkylation sites (tertiary alicyclic amines) is 1. The smallest absolute Gasteiger partial charge is 0.138 e. The van der Waals surface area contributed by atoms with Gasteiger partial charge >= 0.3 is 0 Å². The Labute approximate surface area is 199 Å². The summed E-state index contributed by atoms with van der Waals surface area (Å²) in [7, 11) is 0. The van der Waals surface area contributed by atoms with Gasteiger partial charge in [0.05, 0.1) is 6.04 Å². The third-order valence-corrected chi connectivity index (χ3v) is 8.27. The van der Waals surface area contributed by atoms with E-state index in [0.717, 1.165) is 19.0 Å². The Bertz CT molecular complexity index is 919. The van der Waals surface area contributed by atoms with Crippen molar-refractivity contribution in [3.63, 3.8) is 0 Å². The molecule has 33 heavy (non-hydrogen) atoms. The van der Waals surface area contributed by atoms with Crippen LogP contribution in [0.25, 0.3) is 11.1 Å².